The van der Waals surface area contributed by atoms with E-state index in [0.29, 0.717) is 19.0 Å². The Hall–Kier alpha value is -2.69. The van der Waals surface area contributed by atoms with Crippen LogP contribution in [-0.4, -0.2) is 54.3 Å². The largest absolute Gasteiger partial charge is 0.347 e. The van der Waals surface area contributed by atoms with E-state index in [9.17, 15) is 14.9 Å². The Kier molecular flexibility index (Phi) is 10.2. The quantitative estimate of drug-likeness (QED) is 0.197. The van der Waals surface area contributed by atoms with Crippen LogP contribution >= 0.6 is 24.0 Å². The molecule has 1 amide bonds. The highest BCUT2D eigenvalue weighted by molar-refractivity contribution is 14.0. The van der Waals surface area contributed by atoms with Gasteiger partial charge >= 0.3 is 0 Å². The Morgan fingerprint density at radius 1 is 1.03 bits per heavy atom. The zero-order valence-corrected chi connectivity index (χ0v) is 20.0. The number of likely N-dealkylation sites (N-methyl/N-ethyl adjacent to an activating group) is 1. The van der Waals surface area contributed by atoms with Crippen molar-refractivity contribution in [2.45, 2.75) is 20.0 Å². The van der Waals surface area contributed by atoms with Gasteiger partial charge in [0.1, 0.15) is 0 Å². The molecular weight excluding hydrogens is 497 g/mol. The summed E-state index contributed by atoms with van der Waals surface area (Å²) in [6, 6.07) is 14.5. The summed E-state index contributed by atoms with van der Waals surface area (Å²) in [5.41, 5.74) is 3.21. The lowest BCUT2D eigenvalue weighted by atomic mass is 10.1. The van der Waals surface area contributed by atoms with Crippen molar-refractivity contribution in [2.75, 3.05) is 27.7 Å². The maximum absolute atomic E-state index is 12.0. The zero-order chi connectivity index (χ0) is 21.4. The van der Waals surface area contributed by atoms with Crippen molar-refractivity contribution < 1.29 is 9.72 Å². The Balaban J connectivity index is 0.00000450. The molecule has 0 aliphatic carbocycles. The van der Waals surface area contributed by atoms with E-state index in [2.05, 4.69) is 34.6 Å². The predicted molar refractivity (Wildman–Crippen MR) is 129 cm³/mol. The molecule has 9 heteroatoms. The summed E-state index contributed by atoms with van der Waals surface area (Å²) in [4.78, 5) is 30.4. The van der Waals surface area contributed by atoms with Crippen LogP contribution in [0.5, 0.6) is 0 Å². The number of nitrogens with one attached hydrogen (secondary N) is 1. The summed E-state index contributed by atoms with van der Waals surface area (Å²) >= 11 is 0. The van der Waals surface area contributed by atoms with E-state index >= 15 is 0 Å². The molecule has 0 aromatic heterocycles. The number of aliphatic imine (C=N–C) groups is 1. The third-order valence-corrected chi connectivity index (χ3v) is 4.36. The molecule has 0 unspecified atom stereocenters. The fraction of sp³-hybridized carbons (Fsp3) is 0.333. The van der Waals surface area contributed by atoms with Crippen LogP contribution in [-0.2, 0) is 17.9 Å². The number of carbonyl (C=O) groups excluding carboxylic acids is 1. The number of hydrogen-bond acceptors (Lipinski definition) is 4. The van der Waals surface area contributed by atoms with Crippen molar-refractivity contribution in [3.8, 4) is 0 Å². The highest BCUT2D eigenvalue weighted by atomic mass is 127. The zero-order valence-electron chi connectivity index (χ0n) is 17.7. The summed E-state index contributed by atoms with van der Waals surface area (Å²) in [6.45, 7) is 3.14. The SMILES string of the molecule is Cc1ccc(CN(C)C(=NCc2ccc([N+](=O)[O-])cc2)NCC(=O)N(C)C)cc1.I. The predicted octanol–water partition coefficient (Wildman–Crippen LogP) is 3.19. The van der Waals surface area contributed by atoms with Gasteiger partial charge in [-0.05, 0) is 18.1 Å². The highest BCUT2D eigenvalue weighted by Crippen LogP contribution is 2.13. The van der Waals surface area contributed by atoms with E-state index in [0.717, 1.165) is 11.1 Å². The molecular formula is C21H28IN5O3. The van der Waals surface area contributed by atoms with E-state index in [1.54, 1.807) is 26.2 Å². The van der Waals surface area contributed by atoms with Crippen LogP contribution in [0.4, 0.5) is 5.69 Å². The second kappa shape index (κ2) is 12.1. The van der Waals surface area contributed by atoms with Crippen molar-refractivity contribution in [3.63, 3.8) is 0 Å². The molecule has 1 N–H and O–H groups in total. The number of amides is 1. The molecule has 0 saturated heterocycles. The highest BCUT2D eigenvalue weighted by Gasteiger charge is 2.11. The van der Waals surface area contributed by atoms with Crippen LogP contribution in [0.25, 0.3) is 0 Å². The van der Waals surface area contributed by atoms with Crippen molar-refractivity contribution in [1.29, 1.82) is 0 Å². The second-order valence-corrected chi connectivity index (χ2v) is 7.05. The van der Waals surface area contributed by atoms with Crippen molar-refractivity contribution >= 4 is 41.5 Å². The monoisotopic (exact) mass is 525 g/mol. The molecule has 0 heterocycles. The summed E-state index contributed by atoms with van der Waals surface area (Å²) in [6.07, 6.45) is 0. The first-order valence-electron chi connectivity index (χ1n) is 9.24. The number of halogens is 1. The summed E-state index contributed by atoms with van der Waals surface area (Å²) in [5, 5.41) is 13.9. The van der Waals surface area contributed by atoms with Gasteiger partial charge in [0.25, 0.3) is 5.69 Å². The fourth-order valence-corrected chi connectivity index (χ4v) is 2.56. The molecule has 0 bridgehead atoms. The Morgan fingerprint density at radius 3 is 2.13 bits per heavy atom. The van der Waals surface area contributed by atoms with Crippen LogP contribution in [0.1, 0.15) is 16.7 Å². The third-order valence-electron chi connectivity index (χ3n) is 4.36. The Labute approximate surface area is 194 Å². The Bertz CT molecular complexity index is 867. The first-order valence-corrected chi connectivity index (χ1v) is 9.24. The molecule has 0 radical (unpaired) electrons. The van der Waals surface area contributed by atoms with Gasteiger partial charge in [0.2, 0.25) is 5.91 Å². The summed E-state index contributed by atoms with van der Waals surface area (Å²) < 4.78 is 0. The first kappa shape index (κ1) is 25.3. The average molecular weight is 525 g/mol. The lowest BCUT2D eigenvalue weighted by Crippen LogP contribution is -2.43. The van der Waals surface area contributed by atoms with Gasteiger partial charge in [-0.2, -0.15) is 0 Å². The standard InChI is InChI=1S/C21H27N5O3.HI/c1-16-5-7-18(8-6-16)15-25(4)21(23-14-20(27)24(2)3)22-13-17-9-11-19(12-10-17)26(28)29;/h5-12H,13-15H2,1-4H3,(H,22,23);1H. The van der Waals surface area contributed by atoms with E-state index in [4.69, 9.17) is 0 Å². The fourth-order valence-electron chi connectivity index (χ4n) is 2.56. The van der Waals surface area contributed by atoms with Crippen molar-refractivity contribution in [2.24, 2.45) is 4.99 Å². The van der Waals surface area contributed by atoms with Crippen molar-refractivity contribution in [3.05, 3.63) is 75.3 Å². The molecule has 2 aromatic carbocycles. The second-order valence-electron chi connectivity index (χ2n) is 7.05. The number of nitro benzene ring substituents is 1. The lowest BCUT2D eigenvalue weighted by molar-refractivity contribution is -0.384. The van der Waals surface area contributed by atoms with Crippen LogP contribution in [0.2, 0.25) is 0 Å². The van der Waals surface area contributed by atoms with Gasteiger partial charge in [-0.3, -0.25) is 14.9 Å². The number of carbonyl (C=O) groups is 1. The minimum atomic E-state index is -0.428. The van der Waals surface area contributed by atoms with Gasteiger partial charge < -0.3 is 15.1 Å². The van der Waals surface area contributed by atoms with E-state index in [1.807, 2.05) is 18.9 Å². The first-order chi connectivity index (χ1) is 13.8. The van der Waals surface area contributed by atoms with Crippen LogP contribution in [0.3, 0.4) is 0 Å². The number of rotatable bonds is 7. The molecule has 30 heavy (non-hydrogen) atoms. The number of aryl methyl sites for hydroxylation is 1. The molecule has 0 atom stereocenters. The minimum absolute atomic E-state index is 0. The van der Waals surface area contributed by atoms with Gasteiger partial charge in [0.15, 0.2) is 5.96 Å². The molecule has 0 aliphatic heterocycles. The van der Waals surface area contributed by atoms with Gasteiger partial charge in [-0.25, -0.2) is 4.99 Å². The van der Waals surface area contributed by atoms with Crippen LogP contribution < -0.4 is 5.32 Å². The van der Waals surface area contributed by atoms with Gasteiger partial charge in [0.05, 0.1) is 18.0 Å². The van der Waals surface area contributed by atoms with E-state index in [1.165, 1.54) is 22.6 Å². The molecule has 0 saturated carbocycles. The van der Waals surface area contributed by atoms with E-state index in [-0.39, 0.29) is 42.1 Å². The maximum atomic E-state index is 12.0. The molecule has 2 rings (SSSR count). The topological polar surface area (TPSA) is 91.1 Å². The number of nitrogens with zero attached hydrogens (tertiary/aromatic N) is 4. The van der Waals surface area contributed by atoms with Gasteiger partial charge in [0, 0.05) is 39.8 Å². The average Bonchev–Trinajstić information content (AvgIpc) is 2.69. The molecule has 0 fully saturated rings. The number of guanidine groups is 1. The van der Waals surface area contributed by atoms with Gasteiger partial charge in [-0.1, -0.05) is 42.0 Å². The van der Waals surface area contributed by atoms with Crippen molar-refractivity contribution in [1.82, 2.24) is 15.1 Å². The molecule has 162 valence electrons. The Morgan fingerprint density at radius 2 is 1.60 bits per heavy atom. The minimum Gasteiger partial charge on any atom is -0.347 e. The molecule has 0 aliphatic rings. The van der Waals surface area contributed by atoms with E-state index < -0.39 is 4.92 Å². The molecule has 8 nitrogen and oxygen atoms in total. The van der Waals surface area contributed by atoms with Crippen LogP contribution in [0.15, 0.2) is 53.5 Å². The molecule has 2 aromatic rings. The maximum Gasteiger partial charge on any atom is 0.269 e. The molecule has 0 spiro atoms. The normalized spacial score (nSPS) is 10.7. The third kappa shape index (κ3) is 7.97. The number of nitro groups is 1. The number of non-ortho nitro benzene ring substituents is 1. The summed E-state index contributed by atoms with van der Waals surface area (Å²) in [5.74, 6) is 0.524. The summed E-state index contributed by atoms with van der Waals surface area (Å²) in [7, 11) is 5.31. The number of benzene rings is 2. The smallest absolute Gasteiger partial charge is 0.269 e. The van der Waals surface area contributed by atoms with Crippen LogP contribution in [0, 0.1) is 17.0 Å². The lowest BCUT2D eigenvalue weighted by Gasteiger charge is -2.23. The van der Waals surface area contributed by atoms with Gasteiger partial charge in [-0.15, -0.1) is 24.0 Å². The number of hydrogen-bond donors (Lipinski definition) is 1.